The molecule has 5 heteroatoms. The van der Waals surface area contributed by atoms with Crippen molar-refractivity contribution >= 4 is 22.8 Å². The Morgan fingerprint density at radius 2 is 2.13 bits per heavy atom. The number of imidazole rings is 1. The maximum absolute atomic E-state index is 11.9. The summed E-state index contributed by atoms with van der Waals surface area (Å²) in [6, 6.07) is 10.2. The van der Waals surface area contributed by atoms with Crippen LogP contribution in [0.15, 0.2) is 48.1 Å². The van der Waals surface area contributed by atoms with Gasteiger partial charge in [0.05, 0.1) is 11.7 Å². The van der Waals surface area contributed by atoms with Crippen molar-refractivity contribution in [3.05, 3.63) is 58.8 Å². The molecule has 3 aromatic rings. The van der Waals surface area contributed by atoms with E-state index >= 15 is 0 Å². The molecular weight excluding hydrogens is 306 g/mol. The van der Waals surface area contributed by atoms with Crippen LogP contribution in [0.25, 0.3) is 5.52 Å². The Kier molecular flexibility index (Phi) is 5.42. The van der Waals surface area contributed by atoms with Gasteiger partial charge in [0.15, 0.2) is 0 Å². The molecule has 120 valence electrons. The summed E-state index contributed by atoms with van der Waals surface area (Å²) >= 11 is 1.79. The lowest BCUT2D eigenvalue weighted by Gasteiger charge is -2.05. The molecule has 0 bridgehead atoms. The third-order valence-corrected chi connectivity index (χ3v) is 4.78. The standard InChI is InChI=1S/C18H21N3OS/c22-18(9-2-1-7-16-8-5-13-23-16)19-11-10-17-20-14-15-6-3-4-12-21(15)17/h3-6,8,12-14H,1-2,7,9-11H2,(H,19,22). The van der Waals surface area contributed by atoms with Gasteiger partial charge in [-0.15, -0.1) is 11.3 Å². The number of pyridine rings is 1. The number of unbranched alkanes of at least 4 members (excludes halogenated alkanes) is 1. The molecule has 0 unspecified atom stereocenters. The number of fused-ring (bicyclic) bond motifs is 1. The van der Waals surface area contributed by atoms with Crippen LogP contribution in [0.4, 0.5) is 0 Å². The van der Waals surface area contributed by atoms with E-state index in [-0.39, 0.29) is 5.91 Å². The molecule has 0 atom stereocenters. The first-order valence-electron chi connectivity index (χ1n) is 8.03. The van der Waals surface area contributed by atoms with E-state index in [2.05, 4.69) is 32.2 Å². The Bertz CT molecular complexity index is 749. The van der Waals surface area contributed by atoms with E-state index in [1.165, 1.54) is 4.88 Å². The number of amides is 1. The van der Waals surface area contributed by atoms with Gasteiger partial charge in [0.25, 0.3) is 0 Å². The van der Waals surface area contributed by atoms with Crippen LogP contribution in [0.5, 0.6) is 0 Å². The Morgan fingerprint density at radius 1 is 1.17 bits per heavy atom. The van der Waals surface area contributed by atoms with Crippen LogP contribution in [-0.2, 0) is 17.6 Å². The van der Waals surface area contributed by atoms with Crippen LogP contribution in [0.1, 0.15) is 30.0 Å². The summed E-state index contributed by atoms with van der Waals surface area (Å²) in [4.78, 5) is 17.7. The van der Waals surface area contributed by atoms with Gasteiger partial charge in [-0.05, 0) is 42.8 Å². The predicted octanol–water partition coefficient (Wildman–Crippen LogP) is 3.47. The highest BCUT2D eigenvalue weighted by Crippen LogP contribution is 2.12. The Labute approximate surface area is 140 Å². The fourth-order valence-electron chi connectivity index (χ4n) is 2.63. The first-order chi connectivity index (χ1) is 11.3. The highest BCUT2D eigenvalue weighted by Gasteiger charge is 2.05. The van der Waals surface area contributed by atoms with E-state index in [0.717, 1.165) is 37.0 Å². The number of hydrogen-bond acceptors (Lipinski definition) is 3. The topological polar surface area (TPSA) is 46.4 Å². The zero-order valence-electron chi connectivity index (χ0n) is 13.1. The van der Waals surface area contributed by atoms with Crippen molar-refractivity contribution in [2.45, 2.75) is 32.1 Å². The molecule has 0 fully saturated rings. The van der Waals surface area contributed by atoms with Gasteiger partial charge in [-0.2, -0.15) is 0 Å². The van der Waals surface area contributed by atoms with Crippen molar-refractivity contribution in [3.8, 4) is 0 Å². The molecule has 0 saturated carbocycles. The van der Waals surface area contributed by atoms with E-state index < -0.39 is 0 Å². The number of aryl methyl sites for hydroxylation is 1. The summed E-state index contributed by atoms with van der Waals surface area (Å²) in [5.41, 5.74) is 1.09. The number of nitrogens with zero attached hydrogens (tertiary/aromatic N) is 2. The van der Waals surface area contributed by atoms with Crippen molar-refractivity contribution in [3.63, 3.8) is 0 Å². The smallest absolute Gasteiger partial charge is 0.220 e. The third kappa shape index (κ3) is 4.42. The van der Waals surface area contributed by atoms with E-state index in [1.807, 2.05) is 30.6 Å². The van der Waals surface area contributed by atoms with Crippen molar-refractivity contribution < 1.29 is 4.79 Å². The number of carbonyl (C=O) groups is 1. The van der Waals surface area contributed by atoms with Crippen LogP contribution in [0.3, 0.4) is 0 Å². The molecule has 0 aliphatic carbocycles. The van der Waals surface area contributed by atoms with Gasteiger partial charge in [0.2, 0.25) is 5.91 Å². The summed E-state index contributed by atoms with van der Waals surface area (Å²) in [6.07, 6.45) is 8.30. The maximum Gasteiger partial charge on any atom is 0.220 e. The molecule has 1 N–H and O–H groups in total. The van der Waals surface area contributed by atoms with Gasteiger partial charge in [-0.1, -0.05) is 12.1 Å². The fraction of sp³-hybridized carbons (Fsp3) is 0.333. The number of aromatic nitrogens is 2. The van der Waals surface area contributed by atoms with Gasteiger partial charge in [0.1, 0.15) is 5.82 Å². The number of carbonyl (C=O) groups excluding carboxylic acids is 1. The quantitative estimate of drug-likeness (QED) is 0.644. The van der Waals surface area contributed by atoms with E-state index in [1.54, 1.807) is 11.3 Å². The monoisotopic (exact) mass is 327 g/mol. The molecule has 3 rings (SSSR count). The molecule has 4 nitrogen and oxygen atoms in total. The predicted molar refractivity (Wildman–Crippen MR) is 93.8 cm³/mol. The van der Waals surface area contributed by atoms with E-state index in [4.69, 9.17) is 0 Å². The highest BCUT2D eigenvalue weighted by molar-refractivity contribution is 7.09. The Balaban J connectivity index is 1.34. The van der Waals surface area contributed by atoms with E-state index in [9.17, 15) is 4.79 Å². The molecule has 0 saturated heterocycles. The highest BCUT2D eigenvalue weighted by atomic mass is 32.1. The zero-order valence-corrected chi connectivity index (χ0v) is 13.9. The first kappa shape index (κ1) is 15.7. The molecule has 3 heterocycles. The number of thiophene rings is 1. The van der Waals surface area contributed by atoms with Gasteiger partial charge in [-0.3, -0.25) is 4.79 Å². The Hall–Kier alpha value is -2.14. The molecular formula is C18H21N3OS. The molecule has 3 aromatic heterocycles. The second kappa shape index (κ2) is 7.92. The van der Waals surface area contributed by atoms with Crippen LogP contribution in [0.2, 0.25) is 0 Å². The maximum atomic E-state index is 11.9. The van der Waals surface area contributed by atoms with Crippen LogP contribution in [-0.4, -0.2) is 21.8 Å². The fourth-order valence-corrected chi connectivity index (χ4v) is 3.38. The van der Waals surface area contributed by atoms with Crippen molar-refractivity contribution in [1.82, 2.24) is 14.7 Å². The number of rotatable bonds is 8. The average molecular weight is 327 g/mol. The minimum atomic E-state index is 0.136. The van der Waals surface area contributed by atoms with Crippen LogP contribution >= 0.6 is 11.3 Å². The minimum Gasteiger partial charge on any atom is -0.356 e. The lowest BCUT2D eigenvalue weighted by Crippen LogP contribution is -2.25. The molecule has 1 amide bonds. The van der Waals surface area contributed by atoms with Crippen molar-refractivity contribution in [1.29, 1.82) is 0 Å². The molecule has 0 aliphatic rings. The lowest BCUT2D eigenvalue weighted by atomic mass is 10.1. The van der Waals surface area contributed by atoms with Gasteiger partial charge in [-0.25, -0.2) is 4.98 Å². The van der Waals surface area contributed by atoms with Crippen molar-refractivity contribution in [2.75, 3.05) is 6.54 Å². The Morgan fingerprint density at radius 3 is 3.00 bits per heavy atom. The van der Waals surface area contributed by atoms with Crippen LogP contribution < -0.4 is 5.32 Å². The second-order valence-electron chi connectivity index (χ2n) is 5.56. The van der Waals surface area contributed by atoms with Crippen molar-refractivity contribution in [2.24, 2.45) is 0 Å². The largest absolute Gasteiger partial charge is 0.356 e. The lowest BCUT2D eigenvalue weighted by molar-refractivity contribution is -0.121. The summed E-state index contributed by atoms with van der Waals surface area (Å²) in [6.45, 7) is 0.637. The summed E-state index contributed by atoms with van der Waals surface area (Å²) < 4.78 is 2.06. The molecule has 0 radical (unpaired) electrons. The SMILES string of the molecule is O=C(CCCCc1cccs1)NCCc1ncc2ccccn12. The van der Waals surface area contributed by atoms with Gasteiger partial charge in [0, 0.05) is 30.5 Å². The number of nitrogens with one attached hydrogen (secondary N) is 1. The van der Waals surface area contributed by atoms with Crippen LogP contribution in [0, 0.1) is 0 Å². The zero-order chi connectivity index (χ0) is 15.9. The third-order valence-electron chi connectivity index (χ3n) is 3.84. The molecule has 0 aliphatic heterocycles. The normalized spacial score (nSPS) is 11.0. The average Bonchev–Trinajstić information content (AvgIpc) is 3.22. The van der Waals surface area contributed by atoms with Gasteiger partial charge < -0.3 is 9.72 Å². The molecule has 0 aromatic carbocycles. The summed E-state index contributed by atoms with van der Waals surface area (Å²) in [5, 5.41) is 5.09. The van der Waals surface area contributed by atoms with E-state index in [0.29, 0.717) is 13.0 Å². The molecule has 0 spiro atoms. The number of hydrogen-bond donors (Lipinski definition) is 1. The van der Waals surface area contributed by atoms with Gasteiger partial charge >= 0.3 is 0 Å². The molecule has 23 heavy (non-hydrogen) atoms. The summed E-state index contributed by atoms with van der Waals surface area (Å²) in [7, 11) is 0. The minimum absolute atomic E-state index is 0.136. The first-order valence-corrected chi connectivity index (χ1v) is 8.91. The summed E-state index contributed by atoms with van der Waals surface area (Å²) in [5.74, 6) is 1.12. The second-order valence-corrected chi connectivity index (χ2v) is 6.59.